The molecule has 2 aromatic rings. The fourth-order valence-electron chi connectivity index (χ4n) is 2.71. The highest BCUT2D eigenvalue weighted by atomic mass is 32.2. The smallest absolute Gasteiger partial charge is 0.263 e. The van der Waals surface area contributed by atoms with Crippen LogP contribution in [-0.4, -0.2) is 15.0 Å². The predicted molar refractivity (Wildman–Crippen MR) is 80.4 cm³/mol. The summed E-state index contributed by atoms with van der Waals surface area (Å²) in [5.41, 5.74) is 0.830. The third-order valence-corrected chi connectivity index (χ3v) is 5.56. The maximum Gasteiger partial charge on any atom is 0.265 e. The van der Waals surface area contributed by atoms with E-state index in [0.717, 1.165) is 4.31 Å². The lowest BCUT2D eigenvalue weighted by atomic mass is 10.0. The summed E-state index contributed by atoms with van der Waals surface area (Å²) in [7, 11) is -3.97. The number of nitriles is 1. The first kappa shape index (κ1) is 14.5. The molecule has 1 heterocycles. The lowest BCUT2D eigenvalue weighted by molar-refractivity contribution is 0.577. The molecule has 0 bridgehead atoms. The number of anilines is 1. The van der Waals surface area contributed by atoms with Crippen molar-refractivity contribution < 1.29 is 12.8 Å². The molecule has 0 saturated heterocycles. The van der Waals surface area contributed by atoms with E-state index in [2.05, 4.69) is 0 Å². The van der Waals surface area contributed by atoms with E-state index < -0.39 is 15.8 Å². The Hall–Kier alpha value is -2.39. The molecule has 0 amide bonds. The van der Waals surface area contributed by atoms with Crippen molar-refractivity contribution in [3.63, 3.8) is 0 Å². The van der Waals surface area contributed by atoms with Gasteiger partial charge in [0.15, 0.2) is 0 Å². The monoisotopic (exact) mass is 316 g/mol. The first-order chi connectivity index (χ1) is 10.6. The van der Waals surface area contributed by atoms with Crippen molar-refractivity contribution in [2.24, 2.45) is 0 Å². The van der Waals surface area contributed by atoms with Crippen LogP contribution in [0.3, 0.4) is 0 Å². The predicted octanol–water partition coefficient (Wildman–Crippen LogP) is 2.84. The summed E-state index contributed by atoms with van der Waals surface area (Å²) in [6, 6.07) is 12.4. The van der Waals surface area contributed by atoms with Crippen LogP contribution in [0.1, 0.15) is 17.5 Å². The molecule has 3 rings (SSSR count). The minimum absolute atomic E-state index is 0.0611. The minimum Gasteiger partial charge on any atom is -0.263 e. The van der Waals surface area contributed by atoms with Gasteiger partial charge in [0, 0.05) is 6.54 Å². The van der Waals surface area contributed by atoms with Crippen LogP contribution in [-0.2, 0) is 16.4 Å². The van der Waals surface area contributed by atoms with Crippen molar-refractivity contribution in [2.75, 3.05) is 10.8 Å². The van der Waals surface area contributed by atoms with Gasteiger partial charge in [-0.1, -0.05) is 24.3 Å². The normalized spacial score (nSPS) is 14.3. The van der Waals surface area contributed by atoms with Crippen LogP contribution in [0.25, 0.3) is 0 Å². The zero-order valence-electron chi connectivity index (χ0n) is 11.7. The Morgan fingerprint density at radius 2 is 1.91 bits per heavy atom. The van der Waals surface area contributed by atoms with Crippen molar-refractivity contribution in [1.82, 2.24) is 0 Å². The lowest BCUT2D eigenvalue weighted by Crippen LogP contribution is -2.36. The molecule has 22 heavy (non-hydrogen) atoms. The first-order valence-corrected chi connectivity index (χ1v) is 8.29. The number of rotatable bonds is 2. The van der Waals surface area contributed by atoms with Crippen LogP contribution in [0.2, 0.25) is 0 Å². The molecule has 0 spiro atoms. The Bertz CT molecular complexity index is 872. The van der Waals surface area contributed by atoms with Gasteiger partial charge in [-0.3, -0.25) is 4.31 Å². The molecule has 0 radical (unpaired) electrons. The zero-order chi connectivity index (χ0) is 15.7. The molecule has 0 N–H and O–H groups in total. The second kappa shape index (κ2) is 5.43. The fourth-order valence-corrected chi connectivity index (χ4v) is 4.40. The van der Waals surface area contributed by atoms with Crippen LogP contribution >= 0.6 is 0 Å². The Balaban J connectivity index is 2.19. The van der Waals surface area contributed by atoms with E-state index >= 15 is 0 Å². The molecule has 1 aliphatic rings. The van der Waals surface area contributed by atoms with Gasteiger partial charge in [-0.05, 0) is 36.6 Å². The van der Waals surface area contributed by atoms with Crippen molar-refractivity contribution in [3.05, 3.63) is 59.4 Å². The maximum atomic E-state index is 14.2. The SMILES string of the molecule is N#Cc1ccccc1S(=O)(=O)N1CCCc2cccc(F)c21. The third kappa shape index (κ3) is 2.24. The number of hydrogen-bond acceptors (Lipinski definition) is 3. The highest BCUT2D eigenvalue weighted by Gasteiger charge is 2.32. The number of benzene rings is 2. The molecular weight excluding hydrogens is 303 g/mol. The molecule has 0 aromatic heterocycles. The number of nitrogens with zero attached hydrogens (tertiary/aromatic N) is 2. The van der Waals surface area contributed by atoms with Gasteiger partial charge in [0.1, 0.15) is 16.8 Å². The summed E-state index contributed by atoms with van der Waals surface area (Å²) in [6.07, 6.45) is 1.25. The van der Waals surface area contributed by atoms with E-state index in [9.17, 15) is 12.8 Å². The topological polar surface area (TPSA) is 61.2 Å². The van der Waals surface area contributed by atoms with Crippen LogP contribution < -0.4 is 4.31 Å². The minimum atomic E-state index is -3.97. The summed E-state index contributed by atoms with van der Waals surface area (Å²) in [4.78, 5) is -0.0893. The van der Waals surface area contributed by atoms with E-state index in [0.29, 0.717) is 18.4 Å². The molecule has 0 fully saturated rings. The van der Waals surface area contributed by atoms with Crippen LogP contribution in [0.4, 0.5) is 10.1 Å². The van der Waals surface area contributed by atoms with Gasteiger partial charge < -0.3 is 0 Å². The molecular formula is C16H13FN2O2S. The largest absolute Gasteiger partial charge is 0.265 e. The van der Waals surface area contributed by atoms with E-state index in [4.69, 9.17) is 5.26 Å². The standard InChI is InChI=1S/C16H13FN2O2S/c17-14-8-3-6-12-7-4-10-19(16(12)14)22(20,21)15-9-2-1-5-13(15)11-18/h1-3,5-6,8-9H,4,7,10H2. The Morgan fingerprint density at radius 1 is 1.14 bits per heavy atom. The van der Waals surface area contributed by atoms with E-state index in [1.54, 1.807) is 24.3 Å². The average Bonchev–Trinajstić information content (AvgIpc) is 2.54. The van der Waals surface area contributed by atoms with Gasteiger partial charge >= 0.3 is 0 Å². The summed E-state index contributed by atoms with van der Waals surface area (Å²) < 4.78 is 41.0. The van der Waals surface area contributed by atoms with Gasteiger partial charge in [-0.15, -0.1) is 0 Å². The lowest BCUT2D eigenvalue weighted by Gasteiger charge is -2.30. The molecule has 0 aliphatic carbocycles. The number of halogens is 1. The Kier molecular flexibility index (Phi) is 3.59. The molecule has 2 aromatic carbocycles. The number of sulfonamides is 1. The fraction of sp³-hybridized carbons (Fsp3) is 0.188. The maximum absolute atomic E-state index is 14.2. The van der Waals surface area contributed by atoms with E-state index in [-0.39, 0.29) is 22.7 Å². The Morgan fingerprint density at radius 3 is 2.68 bits per heavy atom. The van der Waals surface area contributed by atoms with Crippen LogP contribution in [0.15, 0.2) is 47.4 Å². The summed E-state index contributed by atoms with van der Waals surface area (Å²) in [5.74, 6) is -0.560. The van der Waals surface area contributed by atoms with Gasteiger partial charge in [0.25, 0.3) is 10.0 Å². The van der Waals surface area contributed by atoms with Crippen LogP contribution in [0, 0.1) is 17.1 Å². The quantitative estimate of drug-likeness (QED) is 0.856. The van der Waals surface area contributed by atoms with Crippen molar-refractivity contribution >= 4 is 15.7 Å². The summed E-state index contributed by atoms with van der Waals surface area (Å²) >= 11 is 0. The summed E-state index contributed by atoms with van der Waals surface area (Å²) in [5, 5.41) is 9.12. The molecule has 0 atom stereocenters. The van der Waals surface area contributed by atoms with Crippen molar-refractivity contribution in [3.8, 4) is 6.07 Å². The van der Waals surface area contributed by atoms with Gasteiger partial charge in [-0.2, -0.15) is 5.26 Å². The van der Waals surface area contributed by atoms with Gasteiger partial charge in [-0.25, -0.2) is 12.8 Å². The molecule has 4 nitrogen and oxygen atoms in total. The highest BCUT2D eigenvalue weighted by Crippen LogP contribution is 2.34. The molecule has 6 heteroatoms. The first-order valence-electron chi connectivity index (χ1n) is 6.85. The average molecular weight is 316 g/mol. The molecule has 1 aliphatic heterocycles. The number of para-hydroxylation sites is 1. The molecule has 0 saturated carbocycles. The van der Waals surface area contributed by atoms with Crippen LogP contribution in [0.5, 0.6) is 0 Å². The Labute approximate surface area is 128 Å². The van der Waals surface area contributed by atoms with E-state index in [1.807, 2.05) is 6.07 Å². The van der Waals surface area contributed by atoms with Crippen molar-refractivity contribution in [2.45, 2.75) is 17.7 Å². The second-order valence-corrected chi connectivity index (χ2v) is 6.87. The second-order valence-electron chi connectivity index (χ2n) is 5.04. The highest BCUT2D eigenvalue weighted by molar-refractivity contribution is 7.92. The number of hydrogen-bond donors (Lipinski definition) is 0. The summed E-state index contributed by atoms with van der Waals surface area (Å²) in [6.45, 7) is 0.204. The molecule has 0 unspecified atom stereocenters. The molecule has 112 valence electrons. The van der Waals surface area contributed by atoms with Crippen molar-refractivity contribution in [1.29, 1.82) is 5.26 Å². The third-order valence-electron chi connectivity index (χ3n) is 3.70. The number of fused-ring (bicyclic) bond motifs is 1. The van der Waals surface area contributed by atoms with Gasteiger partial charge in [0.2, 0.25) is 0 Å². The zero-order valence-corrected chi connectivity index (χ0v) is 12.5. The van der Waals surface area contributed by atoms with Gasteiger partial charge in [0.05, 0.1) is 11.3 Å². The van der Waals surface area contributed by atoms with E-state index in [1.165, 1.54) is 18.2 Å². The number of aryl methyl sites for hydroxylation is 1.